The summed E-state index contributed by atoms with van der Waals surface area (Å²) in [5.41, 5.74) is 0.785. The van der Waals surface area contributed by atoms with E-state index < -0.39 is 0 Å². The van der Waals surface area contributed by atoms with E-state index >= 15 is 0 Å². The van der Waals surface area contributed by atoms with Crippen LogP contribution in [-0.2, 0) is 0 Å². The third-order valence-electron chi connectivity index (χ3n) is 2.78. The van der Waals surface area contributed by atoms with Crippen LogP contribution in [0.4, 0.5) is 11.6 Å². The van der Waals surface area contributed by atoms with Crippen LogP contribution in [0, 0.1) is 0 Å². The standard InChI is InChI=1S/C12H11Cl2N3/c13-8-1-4-10(14)11(7-8)16-12-15-5-6-17(12)9-2-3-9/h1,4-7,9H,2-3H2,(H,15,16). The lowest BCUT2D eigenvalue weighted by atomic mass is 10.3. The summed E-state index contributed by atoms with van der Waals surface area (Å²) in [6.07, 6.45) is 6.21. The van der Waals surface area contributed by atoms with Gasteiger partial charge in [0.15, 0.2) is 0 Å². The zero-order chi connectivity index (χ0) is 11.8. The Hall–Kier alpha value is -1.19. The first-order chi connectivity index (χ1) is 8.24. The van der Waals surface area contributed by atoms with Crippen LogP contribution < -0.4 is 5.32 Å². The molecule has 17 heavy (non-hydrogen) atoms. The fraction of sp³-hybridized carbons (Fsp3) is 0.250. The molecule has 5 heteroatoms. The highest BCUT2D eigenvalue weighted by atomic mass is 35.5. The predicted octanol–water partition coefficient (Wildman–Crippen LogP) is 4.27. The average molecular weight is 268 g/mol. The number of hydrogen-bond donors (Lipinski definition) is 1. The zero-order valence-corrected chi connectivity index (χ0v) is 10.5. The molecule has 0 amide bonds. The highest BCUT2D eigenvalue weighted by molar-refractivity contribution is 6.35. The third-order valence-corrected chi connectivity index (χ3v) is 3.35. The normalized spacial score (nSPS) is 14.9. The molecule has 2 aromatic rings. The van der Waals surface area contributed by atoms with Crippen molar-refractivity contribution in [2.45, 2.75) is 18.9 Å². The molecule has 3 rings (SSSR count). The topological polar surface area (TPSA) is 29.9 Å². The van der Waals surface area contributed by atoms with Gasteiger partial charge in [0.05, 0.1) is 10.7 Å². The summed E-state index contributed by atoms with van der Waals surface area (Å²) in [5, 5.41) is 4.51. The SMILES string of the molecule is Clc1ccc(Cl)c(Nc2nccn2C2CC2)c1. The highest BCUT2D eigenvalue weighted by Crippen LogP contribution is 2.38. The summed E-state index contributed by atoms with van der Waals surface area (Å²) in [4.78, 5) is 4.29. The van der Waals surface area contributed by atoms with E-state index in [-0.39, 0.29) is 0 Å². The summed E-state index contributed by atoms with van der Waals surface area (Å²) in [5.74, 6) is 0.816. The van der Waals surface area contributed by atoms with Gasteiger partial charge in [0.25, 0.3) is 0 Å². The Kier molecular flexibility index (Phi) is 2.73. The van der Waals surface area contributed by atoms with Crippen LogP contribution >= 0.6 is 23.2 Å². The predicted molar refractivity (Wildman–Crippen MR) is 70.2 cm³/mol. The number of rotatable bonds is 3. The summed E-state index contributed by atoms with van der Waals surface area (Å²) in [6.45, 7) is 0. The summed E-state index contributed by atoms with van der Waals surface area (Å²) < 4.78 is 2.14. The molecule has 0 saturated heterocycles. The van der Waals surface area contributed by atoms with E-state index in [9.17, 15) is 0 Å². The van der Waals surface area contributed by atoms with Gasteiger partial charge in [-0.3, -0.25) is 0 Å². The van der Waals surface area contributed by atoms with Gasteiger partial charge in [-0.25, -0.2) is 4.98 Å². The van der Waals surface area contributed by atoms with E-state index in [2.05, 4.69) is 14.9 Å². The summed E-state index contributed by atoms with van der Waals surface area (Å²) in [6, 6.07) is 5.92. The van der Waals surface area contributed by atoms with E-state index in [0.717, 1.165) is 11.6 Å². The van der Waals surface area contributed by atoms with Gasteiger partial charge in [-0.2, -0.15) is 0 Å². The quantitative estimate of drug-likeness (QED) is 0.900. The van der Waals surface area contributed by atoms with Crippen molar-refractivity contribution in [1.29, 1.82) is 0 Å². The molecule has 0 spiro atoms. The molecule has 1 heterocycles. The molecule has 1 aromatic heterocycles. The van der Waals surface area contributed by atoms with Gasteiger partial charge in [-0.1, -0.05) is 23.2 Å². The van der Waals surface area contributed by atoms with Crippen LogP contribution in [0.3, 0.4) is 0 Å². The number of nitrogens with one attached hydrogen (secondary N) is 1. The average Bonchev–Trinajstić information content (AvgIpc) is 3.05. The maximum absolute atomic E-state index is 6.10. The van der Waals surface area contributed by atoms with E-state index in [0.29, 0.717) is 16.1 Å². The number of benzene rings is 1. The lowest BCUT2D eigenvalue weighted by molar-refractivity contribution is 0.751. The van der Waals surface area contributed by atoms with Crippen LogP contribution in [0.1, 0.15) is 18.9 Å². The molecule has 0 radical (unpaired) electrons. The Balaban J connectivity index is 1.90. The van der Waals surface area contributed by atoms with Gasteiger partial charge in [0.2, 0.25) is 5.95 Å². The van der Waals surface area contributed by atoms with Gasteiger partial charge >= 0.3 is 0 Å². The molecule has 1 saturated carbocycles. The van der Waals surface area contributed by atoms with Crippen molar-refractivity contribution in [2.75, 3.05) is 5.32 Å². The number of imidazole rings is 1. The van der Waals surface area contributed by atoms with Crippen molar-refractivity contribution >= 4 is 34.8 Å². The van der Waals surface area contributed by atoms with Crippen molar-refractivity contribution in [3.63, 3.8) is 0 Å². The first-order valence-electron chi connectivity index (χ1n) is 5.49. The molecule has 1 aromatic carbocycles. The van der Waals surface area contributed by atoms with Crippen LogP contribution in [0.15, 0.2) is 30.6 Å². The smallest absolute Gasteiger partial charge is 0.207 e. The maximum Gasteiger partial charge on any atom is 0.207 e. The molecule has 1 N–H and O–H groups in total. The molecule has 0 bridgehead atoms. The molecule has 0 atom stereocenters. The van der Waals surface area contributed by atoms with E-state index in [4.69, 9.17) is 23.2 Å². The van der Waals surface area contributed by atoms with Crippen molar-refractivity contribution in [2.24, 2.45) is 0 Å². The first-order valence-corrected chi connectivity index (χ1v) is 6.24. The monoisotopic (exact) mass is 267 g/mol. The Morgan fingerprint density at radius 2 is 2.12 bits per heavy atom. The Morgan fingerprint density at radius 1 is 1.29 bits per heavy atom. The van der Waals surface area contributed by atoms with E-state index in [1.165, 1.54) is 12.8 Å². The van der Waals surface area contributed by atoms with Crippen molar-refractivity contribution in [3.8, 4) is 0 Å². The van der Waals surface area contributed by atoms with Gasteiger partial charge in [0.1, 0.15) is 0 Å². The lowest BCUT2D eigenvalue weighted by Gasteiger charge is -2.10. The molecular weight excluding hydrogens is 257 g/mol. The second kappa shape index (κ2) is 4.24. The lowest BCUT2D eigenvalue weighted by Crippen LogP contribution is -2.01. The highest BCUT2D eigenvalue weighted by Gasteiger charge is 2.25. The minimum absolute atomic E-state index is 0.581. The van der Waals surface area contributed by atoms with Crippen molar-refractivity contribution in [3.05, 3.63) is 40.6 Å². The third kappa shape index (κ3) is 2.26. The summed E-state index contributed by atoms with van der Waals surface area (Å²) >= 11 is 12.0. The Labute approximate surface area is 109 Å². The van der Waals surface area contributed by atoms with Crippen LogP contribution in [-0.4, -0.2) is 9.55 Å². The number of halogens is 2. The number of aromatic nitrogens is 2. The zero-order valence-electron chi connectivity index (χ0n) is 9.03. The molecule has 88 valence electrons. The molecule has 1 aliphatic carbocycles. The van der Waals surface area contributed by atoms with Gasteiger partial charge in [0, 0.05) is 23.5 Å². The number of anilines is 2. The molecule has 1 aliphatic rings. The molecule has 3 nitrogen and oxygen atoms in total. The summed E-state index contributed by atoms with van der Waals surface area (Å²) in [7, 11) is 0. The molecule has 0 unspecified atom stereocenters. The molecule has 1 fully saturated rings. The Bertz CT molecular complexity index is 546. The minimum atomic E-state index is 0.581. The maximum atomic E-state index is 6.10. The van der Waals surface area contributed by atoms with Gasteiger partial charge in [-0.15, -0.1) is 0 Å². The van der Waals surface area contributed by atoms with Gasteiger partial charge in [-0.05, 0) is 31.0 Å². The Morgan fingerprint density at radius 3 is 2.88 bits per heavy atom. The second-order valence-corrected chi connectivity index (χ2v) is 4.98. The number of hydrogen-bond acceptors (Lipinski definition) is 2. The molecule has 0 aliphatic heterocycles. The largest absolute Gasteiger partial charge is 0.324 e. The minimum Gasteiger partial charge on any atom is -0.324 e. The van der Waals surface area contributed by atoms with Gasteiger partial charge < -0.3 is 9.88 Å². The number of nitrogens with zero attached hydrogens (tertiary/aromatic N) is 2. The van der Waals surface area contributed by atoms with E-state index in [1.807, 2.05) is 6.20 Å². The second-order valence-electron chi connectivity index (χ2n) is 4.14. The van der Waals surface area contributed by atoms with E-state index in [1.54, 1.807) is 24.4 Å². The first kappa shape index (κ1) is 10.9. The molecular formula is C12H11Cl2N3. The van der Waals surface area contributed by atoms with Crippen molar-refractivity contribution in [1.82, 2.24) is 9.55 Å². The van der Waals surface area contributed by atoms with Crippen LogP contribution in [0.2, 0.25) is 10.0 Å². The van der Waals surface area contributed by atoms with Crippen molar-refractivity contribution < 1.29 is 0 Å². The van der Waals surface area contributed by atoms with Crippen LogP contribution in [0.25, 0.3) is 0 Å². The fourth-order valence-electron chi connectivity index (χ4n) is 1.77. The van der Waals surface area contributed by atoms with Crippen LogP contribution in [0.5, 0.6) is 0 Å². The fourth-order valence-corrected chi connectivity index (χ4v) is 2.11.